The molecular formula is C19H28FN3O2. The summed E-state index contributed by atoms with van der Waals surface area (Å²) in [6, 6.07) is 6.51. The quantitative estimate of drug-likeness (QED) is 0.633. The molecule has 25 heavy (non-hydrogen) atoms. The molecule has 3 rings (SSSR count). The van der Waals surface area contributed by atoms with E-state index in [-0.39, 0.29) is 30.0 Å². The van der Waals surface area contributed by atoms with E-state index in [1.165, 1.54) is 12.1 Å². The number of hydrogen-bond acceptors (Lipinski definition) is 3. The number of nitrogens with one attached hydrogen (secondary N) is 1. The summed E-state index contributed by atoms with van der Waals surface area (Å²) in [4.78, 5) is 6.98. The highest BCUT2D eigenvalue weighted by atomic mass is 19.1. The highest BCUT2D eigenvalue weighted by molar-refractivity contribution is 5.80. The third kappa shape index (κ3) is 4.50. The van der Waals surface area contributed by atoms with Crippen molar-refractivity contribution in [2.24, 2.45) is 10.4 Å². The van der Waals surface area contributed by atoms with Gasteiger partial charge in [-0.15, -0.1) is 0 Å². The third-order valence-electron chi connectivity index (χ3n) is 4.99. The SMILES string of the molecule is CCNC(=NCC1(CO)CC1)N1CC(C)OC(c2ccc(F)cc2)C1. The van der Waals surface area contributed by atoms with Crippen molar-refractivity contribution in [3.05, 3.63) is 35.6 Å². The summed E-state index contributed by atoms with van der Waals surface area (Å²) in [5.74, 6) is 0.627. The number of benzene rings is 1. The molecule has 1 aliphatic heterocycles. The maximum absolute atomic E-state index is 13.2. The van der Waals surface area contributed by atoms with Crippen LogP contribution >= 0.6 is 0 Å². The van der Waals surface area contributed by atoms with Gasteiger partial charge in [0.05, 0.1) is 25.8 Å². The first-order valence-electron chi connectivity index (χ1n) is 9.10. The van der Waals surface area contributed by atoms with Crippen LogP contribution in [0.15, 0.2) is 29.3 Å². The van der Waals surface area contributed by atoms with Crippen molar-refractivity contribution in [1.82, 2.24) is 10.2 Å². The van der Waals surface area contributed by atoms with E-state index in [4.69, 9.17) is 9.73 Å². The molecule has 1 saturated heterocycles. The third-order valence-corrected chi connectivity index (χ3v) is 4.99. The van der Waals surface area contributed by atoms with E-state index in [0.717, 1.165) is 37.5 Å². The normalized spacial score (nSPS) is 25.8. The second-order valence-electron chi connectivity index (χ2n) is 7.22. The maximum atomic E-state index is 13.2. The number of aliphatic hydroxyl groups is 1. The van der Waals surface area contributed by atoms with Crippen LogP contribution in [0.5, 0.6) is 0 Å². The average Bonchev–Trinajstić information content (AvgIpc) is 3.39. The molecule has 0 aromatic heterocycles. The number of ether oxygens (including phenoxy) is 1. The molecule has 2 aliphatic rings. The van der Waals surface area contributed by atoms with Crippen LogP contribution in [0.25, 0.3) is 0 Å². The largest absolute Gasteiger partial charge is 0.396 e. The van der Waals surface area contributed by atoms with E-state index in [1.54, 1.807) is 12.1 Å². The maximum Gasteiger partial charge on any atom is 0.194 e. The van der Waals surface area contributed by atoms with E-state index >= 15 is 0 Å². The Kier molecular flexibility index (Phi) is 5.59. The Hall–Kier alpha value is -1.66. The molecule has 0 spiro atoms. The lowest BCUT2D eigenvalue weighted by molar-refractivity contribution is -0.0605. The molecule has 138 valence electrons. The van der Waals surface area contributed by atoms with Crippen molar-refractivity contribution in [1.29, 1.82) is 0 Å². The molecule has 1 saturated carbocycles. The molecule has 1 aromatic rings. The number of halogens is 1. The van der Waals surface area contributed by atoms with Gasteiger partial charge in [-0.3, -0.25) is 4.99 Å². The van der Waals surface area contributed by atoms with E-state index in [0.29, 0.717) is 13.1 Å². The van der Waals surface area contributed by atoms with Crippen LogP contribution in [-0.4, -0.2) is 54.9 Å². The second-order valence-corrected chi connectivity index (χ2v) is 7.22. The fourth-order valence-corrected chi connectivity index (χ4v) is 3.20. The Morgan fingerprint density at radius 2 is 2.08 bits per heavy atom. The van der Waals surface area contributed by atoms with Crippen LogP contribution in [0.2, 0.25) is 0 Å². The van der Waals surface area contributed by atoms with Gasteiger partial charge < -0.3 is 20.1 Å². The topological polar surface area (TPSA) is 57.1 Å². The lowest BCUT2D eigenvalue weighted by atomic mass is 10.1. The molecule has 2 fully saturated rings. The fraction of sp³-hybridized carbons (Fsp3) is 0.632. The molecule has 2 N–H and O–H groups in total. The summed E-state index contributed by atoms with van der Waals surface area (Å²) in [7, 11) is 0. The Bertz CT molecular complexity index is 601. The van der Waals surface area contributed by atoms with Crippen molar-refractivity contribution < 1.29 is 14.2 Å². The molecule has 1 heterocycles. The zero-order valence-electron chi connectivity index (χ0n) is 15.0. The summed E-state index contributed by atoms with van der Waals surface area (Å²) in [6.45, 7) is 7.17. The summed E-state index contributed by atoms with van der Waals surface area (Å²) in [5, 5.41) is 12.9. The Morgan fingerprint density at radius 1 is 1.36 bits per heavy atom. The van der Waals surface area contributed by atoms with E-state index in [1.807, 2.05) is 6.92 Å². The molecule has 1 aromatic carbocycles. The Morgan fingerprint density at radius 3 is 2.68 bits per heavy atom. The number of guanidine groups is 1. The monoisotopic (exact) mass is 349 g/mol. The number of morpholine rings is 1. The predicted molar refractivity (Wildman–Crippen MR) is 96.0 cm³/mol. The number of nitrogens with zero attached hydrogens (tertiary/aromatic N) is 2. The zero-order chi connectivity index (χ0) is 17.9. The average molecular weight is 349 g/mol. The minimum atomic E-state index is -0.238. The number of aliphatic imine (C=N–C) groups is 1. The summed E-state index contributed by atoms with van der Waals surface area (Å²) >= 11 is 0. The zero-order valence-corrected chi connectivity index (χ0v) is 15.0. The van der Waals surface area contributed by atoms with E-state index in [2.05, 4.69) is 17.1 Å². The molecular weight excluding hydrogens is 321 g/mol. The van der Waals surface area contributed by atoms with Crippen molar-refractivity contribution in [3.8, 4) is 0 Å². The molecule has 5 nitrogen and oxygen atoms in total. The molecule has 0 radical (unpaired) electrons. The molecule has 1 aliphatic carbocycles. The first kappa shape index (κ1) is 18.1. The van der Waals surface area contributed by atoms with Crippen molar-refractivity contribution >= 4 is 5.96 Å². The summed E-state index contributed by atoms with van der Waals surface area (Å²) in [6.07, 6.45) is 2.04. The Labute approximate surface area is 148 Å². The lowest BCUT2D eigenvalue weighted by Crippen LogP contribution is -2.51. The van der Waals surface area contributed by atoms with Gasteiger partial charge in [0.1, 0.15) is 11.9 Å². The molecule has 0 bridgehead atoms. The number of aliphatic hydroxyl groups excluding tert-OH is 1. The van der Waals surface area contributed by atoms with Gasteiger partial charge in [0, 0.05) is 18.5 Å². The van der Waals surface area contributed by atoms with Gasteiger partial charge in [-0.25, -0.2) is 4.39 Å². The predicted octanol–water partition coefficient (Wildman–Crippen LogP) is 2.33. The van der Waals surface area contributed by atoms with Crippen molar-refractivity contribution in [2.45, 2.75) is 38.9 Å². The van der Waals surface area contributed by atoms with Gasteiger partial charge in [0.25, 0.3) is 0 Å². The van der Waals surface area contributed by atoms with Gasteiger partial charge in [0.2, 0.25) is 0 Å². The second kappa shape index (κ2) is 7.70. The van der Waals surface area contributed by atoms with Crippen molar-refractivity contribution in [2.75, 3.05) is 32.8 Å². The fourth-order valence-electron chi connectivity index (χ4n) is 3.20. The highest BCUT2D eigenvalue weighted by Gasteiger charge is 2.42. The highest BCUT2D eigenvalue weighted by Crippen LogP contribution is 2.45. The first-order valence-corrected chi connectivity index (χ1v) is 9.10. The number of rotatable bonds is 5. The van der Waals surface area contributed by atoms with E-state index < -0.39 is 0 Å². The molecule has 0 amide bonds. The minimum Gasteiger partial charge on any atom is -0.396 e. The van der Waals surface area contributed by atoms with Crippen LogP contribution in [0.1, 0.15) is 38.4 Å². The molecule has 6 heteroatoms. The molecule has 2 unspecified atom stereocenters. The first-order chi connectivity index (χ1) is 12.0. The standard InChI is InChI=1S/C19H28FN3O2/c1-3-21-18(22-12-19(13-24)8-9-19)23-10-14(2)25-17(11-23)15-4-6-16(20)7-5-15/h4-7,14,17,24H,3,8-13H2,1-2H3,(H,21,22). The van der Waals surface area contributed by atoms with Gasteiger partial charge in [-0.2, -0.15) is 0 Å². The van der Waals surface area contributed by atoms with Crippen LogP contribution in [0.3, 0.4) is 0 Å². The van der Waals surface area contributed by atoms with Crippen LogP contribution in [0.4, 0.5) is 4.39 Å². The minimum absolute atomic E-state index is 0.00503. The van der Waals surface area contributed by atoms with Crippen molar-refractivity contribution in [3.63, 3.8) is 0 Å². The van der Waals surface area contributed by atoms with Gasteiger partial charge in [-0.1, -0.05) is 12.1 Å². The smallest absolute Gasteiger partial charge is 0.194 e. The number of hydrogen-bond donors (Lipinski definition) is 2. The van der Waals surface area contributed by atoms with Gasteiger partial charge >= 0.3 is 0 Å². The van der Waals surface area contributed by atoms with Crippen LogP contribution in [0, 0.1) is 11.2 Å². The Balaban J connectivity index is 1.73. The van der Waals surface area contributed by atoms with Crippen LogP contribution in [-0.2, 0) is 4.74 Å². The summed E-state index contributed by atoms with van der Waals surface area (Å²) in [5.41, 5.74) is 0.970. The van der Waals surface area contributed by atoms with E-state index in [9.17, 15) is 9.50 Å². The van der Waals surface area contributed by atoms with Gasteiger partial charge in [0.15, 0.2) is 5.96 Å². The van der Waals surface area contributed by atoms with Crippen LogP contribution < -0.4 is 5.32 Å². The van der Waals surface area contributed by atoms with Gasteiger partial charge in [-0.05, 0) is 44.4 Å². The lowest BCUT2D eigenvalue weighted by Gasteiger charge is -2.39. The molecule has 2 atom stereocenters. The summed E-state index contributed by atoms with van der Waals surface area (Å²) < 4.78 is 19.2.